The number of carbonyl (C=O) groups excluding carboxylic acids is 1. The van der Waals surface area contributed by atoms with Crippen LogP contribution in [0.4, 0.5) is 18.9 Å². The number of pyridine rings is 1. The average Bonchev–Trinajstić information content (AvgIpc) is 2.80. The molecule has 1 saturated carbocycles. The van der Waals surface area contributed by atoms with Gasteiger partial charge in [-0.3, -0.25) is 9.78 Å². The number of anilines is 1. The van der Waals surface area contributed by atoms with Gasteiger partial charge in [0.1, 0.15) is 23.5 Å². The first-order valence-corrected chi connectivity index (χ1v) is 10.7. The minimum Gasteiger partial charge on any atom is -0.318 e. The number of carbonyl (C=O) groups is 1. The summed E-state index contributed by atoms with van der Waals surface area (Å²) in [5.74, 6) is -3.54. The van der Waals surface area contributed by atoms with E-state index in [1.54, 1.807) is 0 Å². The van der Waals surface area contributed by atoms with Crippen LogP contribution in [-0.2, 0) is 0 Å². The molecule has 10 heteroatoms. The van der Waals surface area contributed by atoms with Gasteiger partial charge in [0.05, 0.1) is 16.9 Å². The lowest BCUT2D eigenvalue weighted by molar-refractivity contribution is -0.0384. The van der Waals surface area contributed by atoms with Gasteiger partial charge in [-0.1, -0.05) is 13.8 Å². The Bertz CT molecular complexity index is 1140. The molecule has 1 aliphatic carbocycles. The van der Waals surface area contributed by atoms with Crippen molar-refractivity contribution in [3.05, 3.63) is 59.9 Å². The van der Waals surface area contributed by atoms with Gasteiger partial charge in [-0.25, -0.2) is 33.1 Å². The molecule has 1 aliphatic rings. The van der Waals surface area contributed by atoms with Crippen molar-refractivity contribution >= 4 is 11.6 Å². The van der Waals surface area contributed by atoms with Gasteiger partial charge >= 0.3 is 0 Å². The van der Waals surface area contributed by atoms with Gasteiger partial charge in [0.2, 0.25) is 5.92 Å². The van der Waals surface area contributed by atoms with Crippen LogP contribution in [0.2, 0.25) is 0 Å². The topological polar surface area (TPSA) is 93.6 Å². The number of aromatic nitrogens is 5. The molecule has 0 spiro atoms. The van der Waals surface area contributed by atoms with E-state index < -0.39 is 17.6 Å². The van der Waals surface area contributed by atoms with Crippen molar-refractivity contribution in [1.29, 1.82) is 0 Å². The average molecular weight is 456 g/mol. The minimum atomic E-state index is -2.72. The van der Waals surface area contributed by atoms with Crippen LogP contribution in [0.1, 0.15) is 73.2 Å². The first kappa shape index (κ1) is 22.8. The van der Waals surface area contributed by atoms with Crippen molar-refractivity contribution in [2.75, 3.05) is 5.32 Å². The third-order valence-corrected chi connectivity index (χ3v) is 5.65. The van der Waals surface area contributed by atoms with Gasteiger partial charge < -0.3 is 5.32 Å². The number of alkyl halides is 2. The minimum absolute atomic E-state index is 0.0657. The molecule has 7 nitrogen and oxygen atoms in total. The first-order chi connectivity index (χ1) is 15.7. The molecule has 4 rings (SSSR count). The fourth-order valence-electron chi connectivity index (χ4n) is 3.82. The molecule has 3 heterocycles. The fraction of sp³-hybridized carbons (Fsp3) is 0.391. The van der Waals surface area contributed by atoms with E-state index in [0.29, 0.717) is 11.5 Å². The van der Waals surface area contributed by atoms with E-state index in [1.165, 1.54) is 37.1 Å². The monoisotopic (exact) mass is 456 g/mol. The Labute approximate surface area is 188 Å². The van der Waals surface area contributed by atoms with Crippen LogP contribution in [0, 0.1) is 5.82 Å². The molecule has 3 aromatic heterocycles. The van der Waals surface area contributed by atoms with Crippen molar-refractivity contribution < 1.29 is 18.0 Å². The second-order valence-electron chi connectivity index (χ2n) is 8.39. The predicted molar refractivity (Wildman–Crippen MR) is 115 cm³/mol. The molecule has 0 saturated heterocycles. The van der Waals surface area contributed by atoms with Crippen molar-refractivity contribution in [3.63, 3.8) is 0 Å². The molecule has 0 atom stereocenters. The number of hydrogen-bond acceptors (Lipinski definition) is 6. The van der Waals surface area contributed by atoms with Crippen molar-refractivity contribution in [3.8, 4) is 11.4 Å². The summed E-state index contributed by atoms with van der Waals surface area (Å²) in [4.78, 5) is 34.0. The predicted octanol–water partition coefficient (Wildman–Crippen LogP) is 5.14. The highest BCUT2D eigenvalue weighted by atomic mass is 19.3. The maximum atomic E-state index is 14.6. The zero-order valence-corrected chi connectivity index (χ0v) is 18.2. The number of rotatable bonds is 5. The van der Waals surface area contributed by atoms with Crippen molar-refractivity contribution in [2.45, 2.75) is 57.3 Å². The lowest BCUT2D eigenvalue weighted by Crippen LogP contribution is -2.25. The standard InChI is InChI=1S/C23H23F3N6O/c1-13(2)21-28-10-15(11-29-21)22(33)32-20-17(14-5-7-23(25,26)8-6-14)30-12-31-19(20)18-16(24)4-3-9-27-18/h3-4,9-14H,5-8H2,1-2H3,(H,32,33). The van der Waals surface area contributed by atoms with E-state index in [-0.39, 0.29) is 60.2 Å². The number of nitrogens with one attached hydrogen (secondary N) is 1. The summed E-state index contributed by atoms with van der Waals surface area (Å²) >= 11 is 0. The van der Waals surface area contributed by atoms with Crippen LogP contribution in [0.5, 0.6) is 0 Å². The normalized spacial score (nSPS) is 16.1. The lowest BCUT2D eigenvalue weighted by Gasteiger charge is -2.29. The molecular weight excluding hydrogens is 433 g/mol. The summed E-state index contributed by atoms with van der Waals surface area (Å²) in [6.45, 7) is 3.87. The highest BCUT2D eigenvalue weighted by Crippen LogP contribution is 2.43. The molecular formula is C23H23F3N6O. The molecule has 0 aliphatic heterocycles. The third kappa shape index (κ3) is 4.99. The zero-order valence-electron chi connectivity index (χ0n) is 18.2. The SMILES string of the molecule is CC(C)c1ncc(C(=O)Nc2c(-c3ncccc3F)ncnc2C2CCC(F)(F)CC2)cn1. The van der Waals surface area contributed by atoms with Gasteiger partial charge in [-0.15, -0.1) is 0 Å². The molecule has 33 heavy (non-hydrogen) atoms. The summed E-state index contributed by atoms with van der Waals surface area (Å²) < 4.78 is 42.0. The van der Waals surface area contributed by atoms with E-state index in [0.717, 1.165) is 0 Å². The Balaban J connectivity index is 1.73. The van der Waals surface area contributed by atoms with Gasteiger partial charge in [0.25, 0.3) is 5.91 Å². The highest BCUT2D eigenvalue weighted by molar-refractivity contribution is 6.06. The first-order valence-electron chi connectivity index (χ1n) is 10.7. The van der Waals surface area contributed by atoms with E-state index in [9.17, 15) is 18.0 Å². The molecule has 1 fully saturated rings. The molecule has 0 radical (unpaired) electrons. The van der Waals surface area contributed by atoms with Crippen LogP contribution in [0.15, 0.2) is 37.1 Å². The second kappa shape index (κ2) is 9.21. The number of hydrogen-bond donors (Lipinski definition) is 1. The third-order valence-electron chi connectivity index (χ3n) is 5.65. The van der Waals surface area contributed by atoms with Crippen molar-refractivity contribution in [2.24, 2.45) is 0 Å². The summed E-state index contributed by atoms with van der Waals surface area (Å²) in [5, 5.41) is 2.75. The summed E-state index contributed by atoms with van der Waals surface area (Å²) in [6, 6.07) is 2.67. The van der Waals surface area contributed by atoms with Crippen LogP contribution in [0.25, 0.3) is 11.4 Å². The maximum Gasteiger partial charge on any atom is 0.258 e. The molecule has 0 unspecified atom stereocenters. The summed E-state index contributed by atoms with van der Waals surface area (Å²) in [7, 11) is 0. The van der Waals surface area contributed by atoms with Crippen LogP contribution in [-0.4, -0.2) is 36.7 Å². The van der Waals surface area contributed by atoms with E-state index in [2.05, 4.69) is 30.2 Å². The Hall–Kier alpha value is -3.43. The number of halogens is 3. The Morgan fingerprint density at radius 1 is 1.06 bits per heavy atom. The molecule has 1 amide bonds. The zero-order chi connectivity index (χ0) is 23.6. The van der Waals surface area contributed by atoms with Crippen LogP contribution in [0.3, 0.4) is 0 Å². The van der Waals surface area contributed by atoms with E-state index in [1.807, 2.05) is 13.8 Å². The van der Waals surface area contributed by atoms with Crippen molar-refractivity contribution in [1.82, 2.24) is 24.9 Å². The summed E-state index contributed by atoms with van der Waals surface area (Å²) in [6.07, 6.45) is 5.26. The Morgan fingerprint density at radius 3 is 2.39 bits per heavy atom. The van der Waals surface area contributed by atoms with Gasteiger partial charge in [-0.2, -0.15) is 0 Å². The largest absolute Gasteiger partial charge is 0.318 e. The molecule has 3 aromatic rings. The van der Waals surface area contributed by atoms with Gasteiger partial charge in [0.15, 0.2) is 5.82 Å². The summed E-state index contributed by atoms with van der Waals surface area (Å²) in [5.41, 5.74) is 0.751. The Morgan fingerprint density at radius 2 is 1.76 bits per heavy atom. The highest BCUT2D eigenvalue weighted by Gasteiger charge is 2.37. The molecule has 0 aromatic carbocycles. The van der Waals surface area contributed by atoms with Gasteiger partial charge in [0, 0.05) is 43.3 Å². The fourth-order valence-corrected chi connectivity index (χ4v) is 3.82. The molecule has 172 valence electrons. The van der Waals surface area contributed by atoms with Gasteiger partial charge in [-0.05, 0) is 25.0 Å². The maximum absolute atomic E-state index is 14.6. The molecule has 1 N–H and O–H groups in total. The number of nitrogens with zero attached hydrogens (tertiary/aromatic N) is 5. The van der Waals surface area contributed by atoms with E-state index >= 15 is 0 Å². The van der Waals surface area contributed by atoms with Crippen LogP contribution < -0.4 is 5.32 Å². The smallest absolute Gasteiger partial charge is 0.258 e. The lowest BCUT2D eigenvalue weighted by atomic mass is 9.83. The van der Waals surface area contributed by atoms with E-state index in [4.69, 9.17) is 0 Å². The molecule has 0 bridgehead atoms. The second-order valence-corrected chi connectivity index (χ2v) is 8.39. The van der Waals surface area contributed by atoms with Crippen LogP contribution >= 0.6 is 0 Å². The number of amides is 1. The quantitative estimate of drug-likeness (QED) is 0.572. The Kier molecular flexibility index (Phi) is 6.35.